The summed E-state index contributed by atoms with van der Waals surface area (Å²) in [6, 6.07) is 17.0. The molecule has 1 aliphatic rings. The second kappa shape index (κ2) is 12.6. The molecular formula is C29H25ClN4O4S2. The molecule has 1 saturated heterocycles. The summed E-state index contributed by atoms with van der Waals surface area (Å²) in [7, 11) is 0. The maximum absolute atomic E-state index is 13.4. The van der Waals surface area contributed by atoms with Crippen LogP contribution >= 0.6 is 34.7 Å². The van der Waals surface area contributed by atoms with Gasteiger partial charge < -0.3 is 9.84 Å². The molecule has 0 radical (unpaired) electrons. The van der Waals surface area contributed by atoms with Gasteiger partial charge in [-0.25, -0.2) is 0 Å². The van der Waals surface area contributed by atoms with Crippen molar-refractivity contribution in [3.8, 4) is 5.75 Å². The fourth-order valence-corrected chi connectivity index (χ4v) is 6.12. The van der Waals surface area contributed by atoms with E-state index in [1.54, 1.807) is 36.4 Å². The van der Waals surface area contributed by atoms with Crippen molar-refractivity contribution in [3.05, 3.63) is 100 Å². The minimum atomic E-state index is -0.903. The highest BCUT2D eigenvalue weighted by molar-refractivity contribution is 8.00. The van der Waals surface area contributed by atoms with E-state index in [2.05, 4.69) is 22.1 Å². The van der Waals surface area contributed by atoms with Crippen molar-refractivity contribution in [2.24, 2.45) is 0 Å². The first-order chi connectivity index (χ1) is 19.5. The number of thioether (sulfide) groups is 1. The summed E-state index contributed by atoms with van der Waals surface area (Å²) >= 11 is 8.66. The maximum Gasteiger partial charge on any atom is 0.301 e. The van der Waals surface area contributed by atoms with Gasteiger partial charge in [0.05, 0.1) is 18.2 Å². The number of aliphatic hydroxyl groups is 1. The van der Waals surface area contributed by atoms with Gasteiger partial charge in [0, 0.05) is 28.7 Å². The summed E-state index contributed by atoms with van der Waals surface area (Å²) in [5.74, 6) is -0.545. The molecule has 5 rings (SSSR count). The number of rotatable bonds is 10. The summed E-state index contributed by atoms with van der Waals surface area (Å²) < 4.78 is 6.43. The minimum absolute atomic E-state index is 0.0265. The van der Waals surface area contributed by atoms with E-state index in [0.29, 0.717) is 38.6 Å². The number of Topliss-reactive ketones (excluding diaryl/α,β-unsaturated/α-hetero) is 1. The molecule has 1 atom stereocenters. The molecule has 4 aromatic rings. The number of amides is 1. The Hall–Kier alpha value is -3.73. The van der Waals surface area contributed by atoms with E-state index in [1.807, 2.05) is 24.3 Å². The van der Waals surface area contributed by atoms with Gasteiger partial charge >= 0.3 is 5.91 Å². The second-order valence-electron chi connectivity index (χ2n) is 8.94. The Bertz CT molecular complexity index is 1530. The topological polar surface area (TPSA) is 106 Å². The van der Waals surface area contributed by atoms with E-state index in [1.165, 1.54) is 40.4 Å². The SMILES string of the molecule is CCCCOc1ccc(C2/C(=C(\O)c3ccncc3)C(=O)C(=O)N2c2nnc(SCc3ccc(Cl)cc3)s2)cc1. The fraction of sp³-hybridized carbons (Fsp3) is 0.207. The molecule has 40 heavy (non-hydrogen) atoms. The van der Waals surface area contributed by atoms with Crippen LogP contribution in [-0.4, -0.2) is 38.6 Å². The lowest BCUT2D eigenvalue weighted by Crippen LogP contribution is -2.29. The largest absolute Gasteiger partial charge is 0.507 e. The van der Waals surface area contributed by atoms with E-state index < -0.39 is 17.7 Å². The lowest BCUT2D eigenvalue weighted by Gasteiger charge is -2.22. The summed E-state index contributed by atoms with van der Waals surface area (Å²) in [6.45, 7) is 2.69. The van der Waals surface area contributed by atoms with E-state index >= 15 is 0 Å². The van der Waals surface area contributed by atoms with Crippen LogP contribution in [0.3, 0.4) is 0 Å². The molecule has 0 aliphatic carbocycles. The first-order valence-corrected chi connectivity index (χ1v) is 14.8. The van der Waals surface area contributed by atoms with Gasteiger partial charge in [-0.2, -0.15) is 0 Å². The van der Waals surface area contributed by atoms with Gasteiger partial charge in [-0.05, 0) is 53.9 Å². The third-order valence-electron chi connectivity index (χ3n) is 6.24. The predicted molar refractivity (Wildman–Crippen MR) is 157 cm³/mol. The van der Waals surface area contributed by atoms with Crippen molar-refractivity contribution < 1.29 is 19.4 Å². The predicted octanol–water partition coefficient (Wildman–Crippen LogP) is 6.68. The van der Waals surface area contributed by atoms with Crippen molar-refractivity contribution in [1.29, 1.82) is 0 Å². The summed E-state index contributed by atoms with van der Waals surface area (Å²) in [5, 5.41) is 20.7. The van der Waals surface area contributed by atoms with Gasteiger partial charge in [0.1, 0.15) is 11.5 Å². The molecular weight excluding hydrogens is 568 g/mol. The van der Waals surface area contributed by atoms with Crippen molar-refractivity contribution >= 4 is 57.3 Å². The van der Waals surface area contributed by atoms with Crippen molar-refractivity contribution in [2.45, 2.75) is 35.9 Å². The monoisotopic (exact) mass is 592 g/mol. The minimum Gasteiger partial charge on any atom is -0.507 e. The number of hydrogen-bond donors (Lipinski definition) is 1. The van der Waals surface area contributed by atoms with Crippen LogP contribution in [0.4, 0.5) is 5.13 Å². The molecule has 11 heteroatoms. The van der Waals surface area contributed by atoms with Gasteiger partial charge in [0.2, 0.25) is 5.13 Å². The number of unbranched alkanes of at least 4 members (excludes halogenated alkanes) is 1. The van der Waals surface area contributed by atoms with Crippen LogP contribution in [0.2, 0.25) is 5.02 Å². The molecule has 8 nitrogen and oxygen atoms in total. The number of nitrogens with zero attached hydrogens (tertiary/aromatic N) is 4. The highest BCUT2D eigenvalue weighted by Gasteiger charge is 2.48. The number of aliphatic hydroxyl groups excluding tert-OH is 1. The van der Waals surface area contributed by atoms with Crippen LogP contribution in [-0.2, 0) is 15.3 Å². The number of pyridine rings is 1. The number of aromatic nitrogens is 3. The Kier molecular flexibility index (Phi) is 8.78. The smallest absolute Gasteiger partial charge is 0.301 e. The van der Waals surface area contributed by atoms with Crippen LogP contribution in [0.5, 0.6) is 5.75 Å². The Labute approximate surface area is 244 Å². The highest BCUT2D eigenvalue weighted by Crippen LogP contribution is 2.44. The molecule has 1 aliphatic heterocycles. The molecule has 204 valence electrons. The van der Waals surface area contributed by atoms with Crippen molar-refractivity contribution in [1.82, 2.24) is 15.2 Å². The zero-order valence-corrected chi connectivity index (χ0v) is 23.9. The number of halogens is 1. The zero-order chi connectivity index (χ0) is 28.1. The standard InChI is InChI=1S/C29H25ClN4O4S2/c1-2-3-16-38-22-10-6-19(7-11-22)24-23(25(35)20-12-14-31-15-13-20)26(36)27(37)34(24)28-32-33-29(40-28)39-17-18-4-8-21(30)9-5-18/h4-15,24,35H,2-3,16-17H2,1H3/b25-23+. The van der Waals surface area contributed by atoms with Crippen LogP contribution in [0, 0.1) is 0 Å². The molecule has 2 aromatic carbocycles. The summed E-state index contributed by atoms with van der Waals surface area (Å²) in [4.78, 5) is 32.1. The third-order valence-corrected chi connectivity index (χ3v) is 8.62. The molecule has 3 heterocycles. The molecule has 2 aromatic heterocycles. The van der Waals surface area contributed by atoms with Gasteiger partial charge in [0.15, 0.2) is 4.34 Å². The zero-order valence-electron chi connectivity index (χ0n) is 21.5. The number of carbonyl (C=O) groups is 2. The molecule has 1 N–H and O–H groups in total. The summed E-state index contributed by atoms with van der Waals surface area (Å²) in [6.07, 6.45) is 4.97. The average molecular weight is 593 g/mol. The number of anilines is 1. The quantitative estimate of drug-likeness (QED) is 0.0542. The number of carbonyl (C=O) groups excluding carboxylic acids is 2. The Morgan fingerprint density at radius 1 is 1.05 bits per heavy atom. The Morgan fingerprint density at radius 2 is 1.77 bits per heavy atom. The lowest BCUT2D eigenvalue weighted by atomic mass is 9.95. The van der Waals surface area contributed by atoms with Gasteiger partial charge in [-0.3, -0.25) is 19.5 Å². The normalized spacial score (nSPS) is 16.4. The first kappa shape index (κ1) is 27.8. The Morgan fingerprint density at radius 3 is 2.48 bits per heavy atom. The van der Waals surface area contributed by atoms with Crippen LogP contribution < -0.4 is 9.64 Å². The third kappa shape index (κ3) is 6.04. The molecule has 0 bridgehead atoms. The van der Waals surface area contributed by atoms with Gasteiger partial charge in [0.25, 0.3) is 5.78 Å². The van der Waals surface area contributed by atoms with Gasteiger partial charge in [-0.1, -0.05) is 72.3 Å². The number of ether oxygens (including phenoxy) is 1. The highest BCUT2D eigenvalue weighted by atomic mass is 35.5. The van der Waals surface area contributed by atoms with Crippen LogP contribution in [0.25, 0.3) is 5.76 Å². The van der Waals surface area contributed by atoms with Crippen molar-refractivity contribution in [3.63, 3.8) is 0 Å². The molecule has 1 fully saturated rings. The van der Waals surface area contributed by atoms with E-state index in [4.69, 9.17) is 16.3 Å². The van der Waals surface area contributed by atoms with Gasteiger partial charge in [-0.15, -0.1) is 10.2 Å². The number of hydrogen-bond acceptors (Lipinski definition) is 9. The number of benzene rings is 2. The van der Waals surface area contributed by atoms with E-state index in [-0.39, 0.29) is 16.5 Å². The van der Waals surface area contributed by atoms with E-state index in [0.717, 1.165) is 18.4 Å². The van der Waals surface area contributed by atoms with Crippen LogP contribution in [0.15, 0.2) is 83.0 Å². The molecule has 0 saturated carbocycles. The molecule has 1 unspecified atom stereocenters. The second-order valence-corrected chi connectivity index (χ2v) is 11.6. The first-order valence-electron chi connectivity index (χ1n) is 12.6. The number of ketones is 1. The average Bonchev–Trinajstić information content (AvgIpc) is 3.55. The Balaban J connectivity index is 1.49. The van der Waals surface area contributed by atoms with Crippen LogP contribution in [0.1, 0.15) is 42.5 Å². The fourth-order valence-electron chi connectivity index (χ4n) is 4.18. The maximum atomic E-state index is 13.4. The van der Waals surface area contributed by atoms with E-state index in [9.17, 15) is 14.7 Å². The molecule has 0 spiro atoms. The molecule has 1 amide bonds. The lowest BCUT2D eigenvalue weighted by molar-refractivity contribution is -0.132. The van der Waals surface area contributed by atoms with Crippen molar-refractivity contribution in [2.75, 3.05) is 11.5 Å². The summed E-state index contributed by atoms with van der Waals surface area (Å²) in [5.41, 5.74) is 2.05.